The van der Waals surface area contributed by atoms with Gasteiger partial charge in [0, 0.05) is 0 Å². The van der Waals surface area contributed by atoms with Crippen molar-refractivity contribution in [1.29, 1.82) is 0 Å². The van der Waals surface area contributed by atoms with Gasteiger partial charge in [-0.2, -0.15) is 11.5 Å². The molecule has 1 aliphatic heterocycles. The van der Waals surface area contributed by atoms with E-state index < -0.39 is 0 Å². The summed E-state index contributed by atoms with van der Waals surface area (Å²) < 4.78 is 0. The minimum atomic E-state index is 0.306. The van der Waals surface area contributed by atoms with E-state index in [9.17, 15) is 0 Å². The van der Waals surface area contributed by atoms with Crippen LogP contribution in [0.1, 0.15) is 0 Å². The molecule has 0 amide bonds. The zero-order valence-corrected chi connectivity index (χ0v) is 2.87. The predicted molar refractivity (Wildman–Crippen MR) is 20.7 cm³/mol. The summed E-state index contributed by atoms with van der Waals surface area (Å²) in [5.74, 6) is 3.86. The zero-order chi connectivity index (χ0) is 2.99. The van der Waals surface area contributed by atoms with Crippen molar-refractivity contribution in [3.63, 3.8) is 0 Å². The van der Waals surface area contributed by atoms with Gasteiger partial charge in [0.15, 0.2) is 0 Å². The van der Waals surface area contributed by atoms with Gasteiger partial charge >= 0.3 is 0 Å². The van der Waals surface area contributed by atoms with E-state index in [1.165, 1.54) is 0 Å². The predicted octanol–water partition coefficient (Wildman–Crippen LogP) is 0.865. The van der Waals surface area contributed by atoms with E-state index in [1.54, 1.807) is 0 Å². The molecule has 1 aliphatic rings. The summed E-state index contributed by atoms with van der Waals surface area (Å²) in [6.07, 6.45) is 0.306. The van der Waals surface area contributed by atoms with Gasteiger partial charge in [0.25, 0.3) is 6.13 Å². The topological polar surface area (TPSA) is 0 Å². The van der Waals surface area contributed by atoms with Crippen LogP contribution in [0.15, 0.2) is 12.0 Å². The van der Waals surface area contributed by atoms with Crippen LogP contribution < -0.4 is 0 Å². The Kier molecular flexibility index (Phi) is 0.306. The van der Waals surface area contributed by atoms with Crippen LogP contribution >= 0.6 is 11.5 Å². The van der Waals surface area contributed by atoms with Gasteiger partial charge in [-0.1, -0.05) is 0 Å². The highest BCUT2D eigenvalue weighted by molar-refractivity contribution is 7.18. The lowest BCUT2D eigenvalue weighted by atomic mass is 10.0. The maximum atomic E-state index is 5.27. The van der Waals surface area contributed by atoms with E-state index in [0.29, 0.717) is 6.13 Å². The number of rotatable bonds is 0. The van der Waals surface area contributed by atoms with Gasteiger partial charge in [0.2, 0.25) is 0 Å². The van der Waals surface area contributed by atoms with Crippen molar-refractivity contribution >= 4 is 17.6 Å². The Bertz CT molecular complexity index is 44.0. The van der Waals surface area contributed by atoms with Crippen molar-refractivity contribution in [2.24, 2.45) is 0 Å². The molecule has 0 nitrogen and oxygen atoms in total. The standard InChI is InChI=1S/C2H2BCl/c4-3-1-2-3/h1-2H. The molecule has 0 fully saturated rings. The van der Waals surface area contributed by atoms with Crippen LogP contribution in [0.4, 0.5) is 0 Å². The van der Waals surface area contributed by atoms with E-state index in [-0.39, 0.29) is 0 Å². The normalized spacial score (nSPS) is 17.8. The molecule has 0 aromatic rings. The first-order valence-corrected chi connectivity index (χ1v) is 1.65. The van der Waals surface area contributed by atoms with Gasteiger partial charge in [0.05, 0.1) is 0 Å². The Hall–Kier alpha value is 0.0949. The molecule has 0 saturated carbocycles. The van der Waals surface area contributed by atoms with Crippen LogP contribution in [-0.2, 0) is 0 Å². The van der Waals surface area contributed by atoms with Gasteiger partial charge in [-0.25, -0.2) is 0 Å². The molecule has 0 N–H and O–H groups in total. The summed E-state index contributed by atoms with van der Waals surface area (Å²) in [5.41, 5.74) is 0. The Labute approximate surface area is 30.5 Å². The van der Waals surface area contributed by atoms with Crippen molar-refractivity contribution in [3.05, 3.63) is 12.0 Å². The van der Waals surface area contributed by atoms with Crippen molar-refractivity contribution in [3.8, 4) is 0 Å². The lowest BCUT2D eigenvalue weighted by Gasteiger charge is -1.46. The zero-order valence-electron chi connectivity index (χ0n) is 2.11. The summed E-state index contributed by atoms with van der Waals surface area (Å²) in [6, 6.07) is 0. The molecular weight excluding hydrogens is 70.3 g/mol. The van der Waals surface area contributed by atoms with Crippen LogP contribution in [0, 0.1) is 0 Å². The van der Waals surface area contributed by atoms with Gasteiger partial charge in [0.1, 0.15) is 0 Å². The number of hydrogen-bond donors (Lipinski definition) is 0. The van der Waals surface area contributed by atoms with Crippen LogP contribution in [0.5, 0.6) is 0 Å². The molecule has 20 valence electrons. The lowest BCUT2D eigenvalue weighted by Crippen LogP contribution is -1.62. The first-order valence-electron chi connectivity index (χ1n) is 1.22. The molecule has 0 bridgehead atoms. The average molecular weight is 72.3 g/mol. The van der Waals surface area contributed by atoms with Crippen molar-refractivity contribution in [2.75, 3.05) is 0 Å². The third-order valence-corrected chi connectivity index (χ3v) is 0.629. The molecule has 0 aromatic carbocycles. The molecule has 0 spiro atoms. The first kappa shape index (κ1) is 2.34. The minimum Gasteiger partial charge on any atom is -0.183 e. The average Bonchev–Trinajstić information content (AvgIpc) is 1.75. The van der Waals surface area contributed by atoms with Gasteiger partial charge in [-0.15, -0.1) is 12.0 Å². The molecule has 2 heteroatoms. The minimum absolute atomic E-state index is 0.306. The van der Waals surface area contributed by atoms with Gasteiger partial charge in [-0.3, -0.25) is 0 Å². The molecule has 1 heterocycles. The fourth-order valence-corrected chi connectivity index (χ4v) is 0.126. The maximum Gasteiger partial charge on any atom is 0.298 e. The maximum absolute atomic E-state index is 5.27. The Morgan fingerprint density at radius 3 is 1.75 bits per heavy atom. The summed E-state index contributed by atoms with van der Waals surface area (Å²) in [6.45, 7) is 0. The Balaban J connectivity index is 2.32. The fraction of sp³-hybridized carbons (Fsp3) is 0. The molecule has 0 radical (unpaired) electrons. The fourth-order valence-electron chi connectivity index (χ4n) is 0.0420. The van der Waals surface area contributed by atoms with E-state index in [1.807, 2.05) is 12.0 Å². The molecule has 0 aromatic heterocycles. The molecular formula is C2H2BCl. The molecule has 0 aliphatic carbocycles. The van der Waals surface area contributed by atoms with E-state index in [2.05, 4.69) is 0 Å². The van der Waals surface area contributed by atoms with Crippen molar-refractivity contribution < 1.29 is 0 Å². The second kappa shape index (κ2) is 0.523. The molecule has 0 atom stereocenters. The van der Waals surface area contributed by atoms with Gasteiger partial charge < -0.3 is 0 Å². The SMILES string of the molecule is ClB1C=C1. The summed E-state index contributed by atoms with van der Waals surface area (Å²) in [4.78, 5) is 0. The monoisotopic (exact) mass is 72.0 g/mol. The Morgan fingerprint density at radius 1 is 1.50 bits per heavy atom. The van der Waals surface area contributed by atoms with E-state index in [4.69, 9.17) is 11.5 Å². The third-order valence-electron chi connectivity index (χ3n) is 0.338. The van der Waals surface area contributed by atoms with Crippen molar-refractivity contribution in [1.82, 2.24) is 0 Å². The van der Waals surface area contributed by atoms with Crippen LogP contribution in [-0.4, -0.2) is 6.13 Å². The molecule has 1 rings (SSSR count). The van der Waals surface area contributed by atoms with Crippen LogP contribution in [0.25, 0.3) is 0 Å². The van der Waals surface area contributed by atoms with E-state index in [0.717, 1.165) is 0 Å². The quantitative estimate of drug-likeness (QED) is 0.372. The van der Waals surface area contributed by atoms with Crippen LogP contribution in [0.2, 0.25) is 0 Å². The van der Waals surface area contributed by atoms with Gasteiger partial charge in [-0.05, 0) is 0 Å². The first-order chi connectivity index (χ1) is 1.89. The smallest absolute Gasteiger partial charge is 0.183 e. The molecule has 4 heavy (non-hydrogen) atoms. The number of hydrogen-bond acceptors (Lipinski definition) is 0. The summed E-state index contributed by atoms with van der Waals surface area (Å²) >= 11 is 5.27. The second-order valence-electron chi connectivity index (χ2n) is 0.829. The van der Waals surface area contributed by atoms with Crippen molar-refractivity contribution in [2.45, 2.75) is 0 Å². The largest absolute Gasteiger partial charge is 0.298 e. The lowest BCUT2D eigenvalue weighted by molar-refractivity contribution is 2.81. The highest BCUT2D eigenvalue weighted by Gasteiger charge is 2.09. The summed E-state index contributed by atoms with van der Waals surface area (Å²) in [7, 11) is 0. The second-order valence-corrected chi connectivity index (χ2v) is 1.33. The Morgan fingerprint density at radius 2 is 1.75 bits per heavy atom. The third kappa shape index (κ3) is 0.262. The van der Waals surface area contributed by atoms with Crippen LogP contribution in [0.3, 0.4) is 0 Å². The summed E-state index contributed by atoms with van der Waals surface area (Å²) in [5, 5.41) is 0. The molecule has 0 saturated heterocycles. The van der Waals surface area contributed by atoms with E-state index >= 15 is 0 Å². The highest BCUT2D eigenvalue weighted by Crippen LogP contribution is 2.05. The number of halogens is 1. The highest BCUT2D eigenvalue weighted by atomic mass is 35.5. The molecule has 0 unspecified atom stereocenters.